The lowest BCUT2D eigenvalue weighted by Crippen LogP contribution is -2.06. The van der Waals surface area contributed by atoms with Crippen molar-refractivity contribution in [1.29, 1.82) is 0 Å². The first kappa shape index (κ1) is 13.6. The van der Waals surface area contributed by atoms with E-state index in [2.05, 4.69) is 4.98 Å². The van der Waals surface area contributed by atoms with Gasteiger partial charge in [-0.2, -0.15) is 0 Å². The summed E-state index contributed by atoms with van der Waals surface area (Å²) in [6.45, 7) is 5.94. The molecule has 0 aliphatic rings. The van der Waals surface area contributed by atoms with Crippen LogP contribution in [0, 0.1) is 6.92 Å². The molecule has 0 spiro atoms. The second-order valence-corrected chi connectivity index (χ2v) is 4.90. The Morgan fingerprint density at radius 3 is 2.26 bits per heavy atom. The van der Waals surface area contributed by atoms with Gasteiger partial charge in [-0.05, 0) is 50.1 Å². The van der Waals surface area contributed by atoms with Crippen LogP contribution >= 0.6 is 0 Å². The summed E-state index contributed by atoms with van der Waals surface area (Å²) in [4.78, 5) is 4.24. The third-order valence-corrected chi connectivity index (χ3v) is 2.78. The summed E-state index contributed by atoms with van der Waals surface area (Å²) in [5.41, 5.74) is 2.55. The van der Waals surface area contributed by atoms with Crippen LogP contribution < -0.4 is 4.74 Å². The lowest BCUT2D eigenvalue weighted by Gasteiger charge is -2.13. The molecule has 2 rings (SSSR count). The largest absolute Gasteiger partial charge is 0.491 e. The smallest absolute Gasteiger partial charge is 0.121 e. The Morgan fingerprint density at radius 2 is 1.74 bits per heavy atom. The molecule has 0 fully saturated rings. The van der Waals surface area contributed by atoms with Crippen LogP contribution in [-0.2, 0) is 0 Å². The van der Waals surface area contributed by atoms with E-state index in [9.17, 15) is 5.11 Å². The molecule has 0 aliphatic carbocycles. The first-order valence-electron chi connectivity index (χ1n) is 6.43. The van der Waals surface area contributed by atoms with Crippen LogP contribution in [0.3, 0.4) is 0 Å². The fourth-order valence-corrected chi connectivity index (χ4v) is 1.81. The zero-order valence-corrected chi connectivity index (χ0v) is 11.5. The number of aliphatic hydroxyl groups is 1. The molecule has 1 N–H and O–H groups in total. The average molecular weight is 257 g/mol. The monoisotopic (exact) mass is 257 g/mol. The summed E-state index contributed by atoms with van der Waals surface area (Å²) in [5, 5.41) is 10.3. The maximum atomic E-state index is 10.3. The van der Waals surface area contributed by atoms with Gasteiger partial charge in [0.15, 0.2) is 0 Å². The Balaban J connectivity index is 2.15. The van der Waals surface area contributed by atoms with Gasteiger partial charge in [0.05, 0.1) is 11.8 Å². The van der Waals surface area contributed by atoms with E-state index in [0.29, 0.717) is 5.69 Å². The molecule has 1 aromatic heterocycles. The molecule has 1 atom stereocenters. The van der Waals surface area contributed by atoms with Gasteiger partial charge < -0.3 is 9.84 Å². The van der Waals surface area contributed by atoms with E-state index >= 15 is 0 Å². The van der Waals surface area contributed by atoms with Gasteiger partial charge in [-0.3, -0.25) is 4.98 Å². The fraction of sp³-hybridized carbons (Fsp3) is 0.312. The summed E-state index contributed by atoms with van der Waals surface area (Å²) in [7, 11) is 0. The highest BCUT2D eigenvalue weighted by Crippen LogP contribution is 2.23. The first-order valence-corrected chi connectivity index (χ1v) is 6.43. The van der Waals surface area contributed by atoms with Crippen LogP contribution in [0.25, 0.3) is 0 Å². The average Bonchev–Trinajstić information content (AvgIpc) is 2.39. The number of aliphatic hydroxyl groups excluding tert-OH is 1. The van der Waals surface area contributed by atoms with E-state index in [1.165, 1.54) is 0 Å². The molecule has 1 unspecified atom stereocenters. The van der Waals surface area contributed by atoms with Gasteiger partial charge >= 0.3 is 0 Å². The van der Waals surface area contributed by atoms with E-state index < -0.39 is 6.10 Å². The molecule has 1 aromatic carbocycles. The zero-order valence-electron chi connectivity index (χ0n) is 11.5. The molecular weight excluding hydrogens is 238 g/mol. The lowest BCUT2D eigenvalue weighted by molar-refractivity contribution is 0.214. The van der Waals surface area contributed by atoms with E-state index in [1.807, 2.05) is 57.2 Å². The van der Waals surface area contributed by atoms with Crippen molar-refractivity contribution >= 4 is 0 Å². The van der Waals surface area contributed by atoms with Crippen LogP contribution in [0.1, 0.15) is 36.8 Å². The Labute approximate surface area is 113 Å². The minimum Gasteiger partial charge on any atom is -0.491 e. The highest BCUT2D eigenvalue weighted by molar-refractivity contribution is 5.32. The minimum absolute atomic E-state index is 0.148. The predicted molar refractivity (Wildman–Crippen MR) is 75.2 cm³/mol. The van der Waals surface area contributed by atoms with Crippen LogP contribution in [0.15, 0.2) is 42.6 Å². The molecule has 3 heteroatoms. The highest BCUT2D eigenvalue weighted by atomic mass is 16.5. The first-order chi connectivity index (χ1) is 9.06. The second kappa shape index (κ2) is 5.85. The number of hydrogen-bond acceptors (Lipinski definition) is 3. The summed E-state index contributed by atoms with van der Waals surface area (Å²) in [6.07, 6.45) is 1.21. The number of aromatic nitrogens is 1. The third-order valence-electron chi connectivity index (χ3n) is 2.78. The van der Waals surface area contributed by atoms with Crippen molar-refractivity contribution in [2.75, 3.05) is 0 Å². The van der Waals surface area contributed by atoms with Gasteiger partial charge in [0.25, 0.3) is 0 Å². The number of hydrogen-bond donors (Lipinski definition) is 1. The van der Waals surface area contributed by atoms with Crippen LogP contribution in [0.4, 0.5) is 0 Å². The van der Waals surface area contributed by atoms with Crippen molar-refractivity contribution in [2.24, 2.45) is 0 Å². The van der Waals surface area contributed by atoms with Gasteiger partial charge in [-0.1, -0.05) is 18.2 Å². The molecule has 1 heterocycles. The van der Waals surface area contributed by atoms with E-state index in [-0.39, 0.29) is 6.10 Å². The molecule has 0 radical (unpaired) electrons. The van der Waals surface area contributed by atoms with Gasteiger partial charge in [-0.15, -0.1) is 0 Å². The third kappa shape index (κ3) is 3.55. The number of rotatable bonds is 4. The molecule has 2 aromatic rings. The molecule has 0 aliphatic heterocycles. The number of aryl methyl sites for hydroxylation is 1. The van der Waals surface area contributed by atoms with Crippen molar-refractivity contribution in [3.05, 3.63) is 59.4 Å². The summed E-state index contributed by atoms with van der Waals surface area (Å²) >= 11 is 0. The van der Waals surface area contributed by atoms with Crippen LogP contribution in [-0.4, -0.2) is 16.2 Å². The maximum absolute atomic E-state index is 10.3. The topological polar surface area (TPSA) is 42.4 Å². The van der Waals surface area contributed by atoms with Gasteiger partial charge in [0, 0.05) is 6.20 Å². The van der Waals surface area contributed by atoms with E-state index in [1.54, 1.807) is 6.20 Å². The standard InChI is InChI=1S/C16H19NO2/c1-11(2)19-14-7-5-13(6-8-14)16(18)15-9-4-12(3)10-17-15/h4-11,16,18H,1-3H3. The van der Waals surface area contributed by atoms with E-state index in [0.717, 1.165) is 16.9 Å². The molecule has 0 bridgehead atoms. The van der Waals surface area contributed by atoms with Gasteiger partial charge in [-0.25, -0.2) is 0 Å². The Bertz CT molecular complexity index is 517. The molecule has 0 saturated heterocycles. The van der Waals surface area contributed by atoms with Crippen molar-refractivity contribution in [1.82, 2.24) is 4.98 Å². The van der Waals surface area contributed by atoms with Gasteiger partial charge in [0.1, 0.15) is 11.9 Å². The van der Waals surface area contributed by atoms with Crippen LogP contribution in [0.5, 0.6) is 5.75 Å². The van der Waals surface area contributed by atoms with Crippen molar-refractivity contribution in [3.63, 3.8) is 0 Å². The maximum Gasteiger partial charge on any atom is 0.121 e. The lowest BCUT2D eigenvalue weighted by atomic mass is 10.1. The van der Waals surface area contributed by atoms with E-state index in [4.69, 9.17) is 4.74 Å². The normalized spacial score (nSPS) is 12.5. The Morgan fingerprint density at radius 1 is 1.05 bits per heavy atom. The van der Waals surface area contributed by atoms with Gasteiger partial charge in [0.2, 0.25) is 0 Å². The Hall–Kier alpha value is -1.87. The molecule has 0 saturated carbocycles. The number of pyridine rings is 1. The fourth-order valence-electron chi connectivity index (χ4n) is 1.81. The number of ether oxygens (including phenoxy) is 1. The summed E-state index contributed by atoms with van der Waals surface area (Å²) in [5.74, 6) is 0.808. The van der Waals surface area contributed by atoms with Crippen molar-refractivity contribution in [2.45, 2.75) is 33.0 Å². The second-order valence-electron chi connectivity index (χ2n) is 4.90. The predicted octanol–water partition coefficient (Wildman–Crippen LogP) is 3.26. The molecule has 100 valence electrons. The molecule has 3 nitrogen and oxygen atoms in total. The Kier molecular flexibility index (Phi) is 4.17. The highest BCUT2D eigenvalue weighted by Gasteiger charge is 2.11. The number of nitrogens with zero attached hydrogens (tertiary/aromatic N) is 1. The molecule has 0 amide bonds. The quantitative estimate of drug-likeness (QED) is 0.914. The minimum atomic E-state index is -0.700. The van der Waals surface area contributed by atoms with Crippen molar-refractivity contribution in [3.8, 4) is 5.75 Å². The summed E-state index contributed by atoms with van der Waals surface area (Å²) in [6, 6.07) is 11.3. The zero-order chi connectivity index (χ0) is 13.8. The van der Waals surface area contributed by atoms with Crippen molar-refractivity contribution < 1.29 is 9.84 Å². The SMILES string of the molecule is Cc1ccc(C(O)c2ccc(OC(C)C)cc2)nc1. The molecule has 19 heavy (non-hydrogen) atoms. The summed E-state index contributed by atoms with van der Waals surface area (Å²) < 4.78 is 5.57. The molecular formula is C16H19NO2. The number of benzene rings is 1. The van der Waals surface area contributed by atoms with Crippen LogP contribution in [0.2, 0.25) is 0 Å².